The van der Waals surface area contributed by atoms with Crippen LogP contribution in [0.4, 0.5) is 0 Å². The van der Waals surface area contributed by atoms with Gasteiger partial charge in [0.1, 0.15) is 6.07 Å². The Bertz CT molecular complexity index is 431. The molecule has 0 saturated heterocycles. The first-order valence-electron chi connectivity index (χ1n) is 7.28. The first kappa shape index (κ1) is 16.6. The van der Waals surface area contributed by atoms with Gasteiger partial charge in [-0.3, -0.25) is 0 Å². The maximum absolute atomic E-state index is 9.63. The van der Waals surface area contributed by atoms with Crippen LogP contribution in [0.25, 0.3) is 0 Å². The van der Waals surface area contributed by atoms with E-state index in [4.69, 9.17) is 0 Å². The molecule has 0 spiro atoms. The zero-order chi connectivity index (χ0) is 15.4. The lowest BCUT2D eigenvalue weighted by molar-refractivity contribution is 0.425. The van der Waals surface area contributed by atoms with E-state index in [1.165, 1.54) is 0 Å². The lowest BCUT2D eigenvalue weighted by atomic mass is 9.81. The van der Waals surface area contributed by atoms with Crippen molar-refractivity contribution in [3.8, 4) is 6.07 Å². The molecular weight excluding hydrogens is 250 g/mol. The third-order valence-corrected chi connectivity index (χ3v) is 2.91. The number of hydrogen-bond acceptors (Lipinski definition) is 5. The Labute approximate surface area is 122 Å². The van der Waals surface area contributed by atoms with E-state index in [2.05, 4.69) is 26.8 Å². The highest BCUT2D eigenvalue weighted by molar-refractivity contribution is 5.96. The van der Waals surface area contributed by atoms with Gasteiger partial charge in [-0.2, -0.15) is 20.6 Å². The number of hydrazone groups is 1. The van der Waals surface area contributed by atoms with Gasteiger partial charge in [0.2, 0.25) is 5.54 Å². The van der Waals surface area contributed by atoms with Crippen LogP contribution in [-0.2, 0) is 0 Å². The third kappa shape index (κ3) is 4.92. The Kier molecular flexibility index (Phi) is 4.90. The molecule has 0 aliphatic heterocycles. The van der Waals surface area contributed by atoms with Gasteiger partial charge >= 0.3 is 0 Å². The summed E-state index contributed by atoms with van der Waals surface area (Å²) >= 11 is 0. The molecule has 1 saturated carbocycles. The maximum Gasteiger partial charge on any atom is 0.206 e. The average molecular weight is 277 g/mol. The predicted molar refractivity (Wildman–Crippen MR) is 81.7 cm³/mol. The number of azo groups is 1. The van der Waals surface area contributed by atoms with Crippen LogP contribution in [0.3, 0.4) is 0 Å². The molecular formula is C15H27N5. The van der Waals surface area contributed by atoms with E-state index >= 15 is 0 Å². The van der Waals surface area contributed by atoms with Crippen molar-refractivity contribution in [1.82, 2.24) is 5.43 Å². The minimum Gasteiger partial charge on any atom is -0.305 e. The summed E-state index contributed by atoms with van der Waals surface area (Å²) in [5.74, 6) is 0. The first-order valence-corrected chi connectivity index (χ1v) is 7.28. The van der Waals surface area contributed by atoms with Crippen LogP contribution in [0.2, 0.25) is 0 Å². The first-order chi connectivity index (χ1) is 9.08. The largest absolute Gasteiger partial charge is 0.305 e. The molecule has 0 heterocycles. The predicted octanol–water partition coefficient (Wildman–Crippen LogP) is 3.82. The second-order valence-electron chi connectivity index (χ2n) is 7.47. The fourth-order valence-electron chi connectivity index (χ4n) is 1.89. The normalized spacial score (nSPS) is 26.8. The zero-order valence-electron chi connectivity index (χ0n) is 13.6. The van der Waals surface area contributed by atoms with Gasteiger partial charge in [-0.25, -0.2) is 0 Å². The second-order valence-corrected chi connectivity index (χ2v) is 7.47. The average Bonchev–Trinajstić information content (AvgIpc) is 2.33. The summed E-state index contributed by atoms with van der Waals surface area (Å²) in [6.07, 6.45) is 3.55. The van der Waals surface area contributed by atoms with Crippen molar-refractivity contribution in [2.45, 2.75) is 83.8 Å². The maximum atomic E-state index is 9.63. The van der Waals surface area contributed by atoms with Crippen LogP contribution in [0.5, 0.6) is 0 Å². The molecule has 0 bridgehead atoms. The van der Waals surface area contributed by atoms with Gasteiger partial charge < -0.3 is 5.43 Å². The van der Waals surface area contributed by atoms with Crippen LogP contribution in [-0.4, -0.2) is 22.3 Å². The molecule has 5 nitrogen and oxygen atoms in total. The highest BCUT2D eigenvalue weighted by atomic mass is 15.3. The van der Waals surface area contributed by atoms with Gasteiger partial charge in [-0.05, 0) is 67.2 Å². The minimum absolute atomic E-state index is 0.118. The van der Waals surface area contributed by atoms with Gasteiger partial charge in [-0.15, -0.1) is 0 Å². The summed E-state index contributed by atoms with van der Waals surface area (Å²) in [4.78, 5) is 0. The van der Waals surface area contributed by atoms with Crippen LogP contribution >= 0.6 is 0 Å². The van der Waals surface area contributed by atoms with Crippen LogP contribution in [0, 0.1) is 11.3 Å². The van der Waals surface area contributed by atoms with E-state index in [1.807, 2.05) is 41.5 Å². The highest BCUT2D eigenvalue weighted by Crippen LogP contribution is 2.30. The number of rotatable bonds is 2. The summed E-state index contributed by atoms with van der Waals surface area (Å²) in [5, 5.41) is 22.8. The second kappa shape index (κ2) is 5.90. The summed E-state index contributed by atoms with van der Waals surface area (Å²) in [7, 11) is 0. The molecule has 20 heavy (non-hydrogen) atoms. The zero-order valence-corrected chi connectivity index (χ0v) is 13.6. The third-order valence-electron chi connectivity index (χ3n) is 2.91. The molecule has 0 radical (unpaired) electrons. The van der Waals surface area contributed by atoms with Gasteiger partial charge in [-0.1, -0.05) is 0 Å². The molecule has 112 valence electrons. The molecule has 1 N–H and O–H groups in total. The molecule has 5 heteroatoms. The Morgan fingerprint density at radius 2 is 1.80 bits per heavy atom. The smallest absolute Gasteiger partial charge is 0.206 e. The van der Waals surface area contributed by atoms with E-state index in [9.17, 15) is 5.26 Å². The van der Waals surface area contributed by atoms with Crippen LogP contribution in [0.1, 0.15) is 67.2 Å². The van der Waals surface area contributed by atoms with Crippen molar-refractivity contribution < 1.29 is 0 Å². The Hall–Kier alpha value is -1.44. The number of hydrogen-bond donors (Lipinski definition) is 1. The molecule has 1 aliphatic rings. The summed E-state index contributed by atoms with van der Waals surface area (Å²) < 4.78 is 0. The van der Waals surface area contributed by atoms with Gasteiger partial charge in [0.05, 0.1) is 11.3 Å². The summed E-state index contributed by atoms with van der Waals surface area (Å²) in [5.41, 5.74) is 2.65. The summed E-state index contributed by atoms with van der Waals surface area (Å²) in [6, 6.07) is 2.35. The Balaban J connectivity index is 3.06. The molecule has 1 aliphatic carbocycles. The van der Waals surface area contributed by atoms with Crippen molar-refractivity contribution in [2.24, 2.45) is 15.3 Å². The molecule has 0 amide bonds. The highest BCUT2D eigenvalue weighted by Gasteiger charge is 2.39. The molecule has 0 aromatic rings. The van der Waals surface area contributed by atoms with E-state index in [1.54, 1.807) is 0 Å². The van der Waals surface area contributed by atoms with Gasteiger partial charge in [0.15, 0.2) is 0 Å². The fraction of sp³-hybridized carbons (Fsp3) is 0.867. The Morgan fingerprint density at radius 3 is 2.30 bits per heavy atom. The SMILES string of the molecule is CC(C)(C)N=NC1(C#N)CCCCC1=NNC(C)(C)C. The molecule has 0 aromatic carbocycles. The molecule has 0 aromatic heterocycles. The molecule has 1 atom stereocenters. The van der Waals surface area contributed by atoms with Crippen molar-refractivity contribution in [3.63, 3.8) is 0 Å². The van der Waals surface area contributed by atoms with Crippen LogP contribution in [0.15, 0.2) is 15.3 Å². The fourth-order valence-corrected chi connectivity index (χ4v) is 1.89. The van der Waals surface area contributed by atoms with E-state index in [-0.39, 0.29) is 11.1 Å². The topological polar surface area (TPSA) is 72.9 Å². The number of nitrogens with zero attached hydrogens (tertiary/aromatic N) is 4. The minimum atomic E-state index is -0.885. The standard InChI is InChI=1S/C15H27N5/c1-13(2,3)18-17-12-9-7-8-10-15(12,11-16)20-19-14(4,5)6/h18H,7-10H2,1-6H3. The van der Waals surface area contributed by atoms with Gasteiger partial charge in [0, 0.05) is 5.54 Å². The molecule has 1 fully saturated rings. The van der Waals surface area contributed by atoms with Crippen molar-refractivity contribution in [1.29, 1.82) is 5.26 Å². The Morgan fingerprint density at radius 1 is 1.15 bits per heavy atom. The van der Waals surface area contributed by atoms with Crippen LogP contribution < -0.4 is 5.43 Å². The van der Waals surface area contributed by atoms with E-state index in [0.29, 0.717) is 6.42 Å². The van der Waals surface area contributed by atoms with E-state index in [0.717, 1.165) is 25.0 Å². The molecule has 1 rings (SSSR count). The van der Waals surface area contributed by atoms with Crippen molar-refractivity contribution in [3.05, 3.63) is 0 Å². The lowest BCUT2D eigenvalue weighted by Gasteiger charge is -2.29. The summed E-state index contributed by atoms with van der Waals surface area (Å²) in [6.45, 7) is 12.1. The lowest BCUT2D eigenvalue weighted by Crippen LogP contribution is -2.42. The van der Waals surface area contributed by atoms with Crippen molar-refractivity contribution >= 4 is 5.71 Å². The molecule has 1 unspecified atom stereocenters. The monoisotopic (exact) mass is 277 g/mol. The van der Waals surface area contributed by atoms with Gasteiger partial charge in [0.25, 0.3) is 0 Å². The van der Waals surface area contributed by atoms with E-state index < -0.39 is 5.54 Å². The quantitative estimate of drug-likeness (QED) is 0.615. The van der Waals surface area contributed by atoms with Crippen molar-refractivity contribution in [2.75, 3.05) is 0 Å². The number of nitrogens with one attached hydrogen (secondary N) is 1. The number of nitriles is 1.